The maximum atomic E-state index is 6.15. The van der Waals surface area contributed by atoms with Crippen LogP contribution in [0.25, 0.3) is 10.9 Å². The average Bonchev–Trinajstić information content (AvgIpc) is 2.90. The summed E-state index contributed by atoms with van der Waals surface area (Å²) >= 11 is 3.56. The Labute approximate surface area is 229 Å². The minimum atomic E-state index is 0.0748. The molecule has 0 bridgehead atoms. The van der Waals surface area contributed by atoms with E-state index in [0.717, 1.165) is 59.7 Å². The molecule has 3 aromatic rings. The summed E-state index contributed by atoms with van der Waals surface area (Å²) in [5.41, 5.74) is 2.02. The molecule has 1 aromatic heterocycles. The van der Waals surface area contributed by atoms with E-state index in [4.69, 9.17) is 19.2 Å². The summed E-state index contributed by atoms with van der Waals surface area (Å²) in [6.45, 7) is 9.81. The Bertz CT molecular complexity index is 1150. The molecular weight excluding hydrogens is 532 g/mol. The van der Waals surface area contributed by atoms with Gasteiger partial charge in [-0.2, -0.15) is 0 Å². The zero-order valence-electron chi connectivity index (χ0n) is 22.3. The first kappa shape index (κ1) is 27.6. The van der Waals surface area contributed by atoms with Crippen LogP contribution in [0.4, 0.5) is 5.82 Å². The number of aryl methyl sites for hydroxylation is 1. The van der Waals surface area contributed by atoms with E-state index in [1.807, 2.05) is 31.2 Å². The van der Waals surface area contributed by atoms with Gasteiger partial charge in [0, 0.05) is 29.0 Å². The summed E-state index contributed by atoms with van der Waals surface area (Å²) in [6.07, 6.45) is 5.95. The zero-order chi connectivity index (χ0) is 26.0. The van der Waals surface area contributed by atoms with E-state index < -0.39 is 0 Å². The summed E-state index contributed by atoms with van der Waals surface area (Å²) in [5.74, 6) is 2.93. The van der Waals surface area contributed by atoms with Crippen LogP contribution in [-0.2, 0) is 4.74 Å². The number of nitrogens with one attached hydrogen (secondary N) is 1. The quantitative estimate of drug-likeness (QED) is 0.234. The van der Waals surface area contributed by atoms with Crippen LogP contribution in [0.2, 0.25) is 0 Å². The number of rotatable bonds is 13. The van der Waals surface area contributed by atoms with Gasteiger partial charge in [0.2, 0.25) is 0 Å². The summed E-state index contributed by atoms with van der Waals surface area (Å²) in [5, 5.41) is 4.47. The van der Waals surface area contributed by atoms with Gasteiger partial charge < -0.3 is 19.5 Å². The van der Waals surface area contributed by atoms with E-state index in [0.29, 0.717) is 18.2 Å². The van der Waals surface area contributed by atoms with Gasteiger partial charge in [-0.15, -0.1) is 0 Å². The van der Waals surface area contributed by atoms with Crippen molar-refractivity contribution in [2.45, 2.75) is 52.0 Å². The third-order valence-corrected chi connectivity index (χ3v) is 7.27. The van der Waals surface area contributed by atoms with Crippen molar-refractivity contribution in [3.8, 4) is 11.5 Å². The second-order valence-corrected chi connectivity index (χ2v) is 10.5. The molecule has 0 spiro atoms. The van der Waals surface area contributed by atoms with Crippen LogP contribution >= 0.6 is 15.9 Å². The summed E-state index contributed by atoms with van der Waals surface area (Å²) in [4.78, 5) is 11.9. The van der Waals surface area contributed by atoms with Gasteiger partial charge >= 0.3 is 0 Å². The first-order valence-corrected chi connectivity index (χ1v) is 14.1. The molecule has 0 saturated carbocycles. The van der Waals surface area contributed by atoms with E-state index in [1.54, 1.807) is 7.11 Å². The molecule has 4 rings (SSSR count). The van der Waals surface area contributed by atoms with Gasteiger partial charge in [-0.25, -0.2) is 9.97 Å². The van der Waals surface area contributed by atoms with E-state index >= 15 is 0 Å². The van der Waals surface area contributed by atoms with Crippen molar-refractivity contribution in [3.63, 3.8) is 0 Å². The maximum Gasteiger partial charge on any atom is 0.163 e. The lowest BCUT2D eigenvalue weighted by Crippen LogP contribution is -2.36. The largest absolute Gasteiger partial charge is 0.493 e. The lowest BCUT2D eigenvalue weighted by atomic mass is 10.1. The molecule has 0 radical (unpaired) electrons. The molecule has 1 N–H and O–H groups in total. The molecule has 37 heavy (non-hydrogen) atoms. The molecule has 8 heteroatoms. The fourth-order valence-electron chi connectivity index (χ4n) is 4.67. The molecular formula is C29H39BrN4O3. The molecule has 2 aromatic carbocycles. The Morgan fingerprint density at radius 1 is 1.03 bits per heavy atom. The van der Waals surface area contributed by atoms with Crippen LogP contribution in [0, 0.1) is 6.92 Å². The Morgan fingerprint density at radius 3 is 2.59 bits per heavy atom. The van der Waals surface area contributed by atoms with Crippen LogP contribution in [-0.4, -0.2) is 61.4 Å². The van der Waals surface area contributed by atoms with Gasteiger partial charge in [0.25, 0.3) is 0 Å². The van der Waals surface area contributed by atoms with Gasteiger partial charge in [0.15, 0.2) is 11.5 Å². The molecule has 1 aliphatic heterocycles. The number of hydrogen-bond donors (Lipinski definition) is 1. The molecule has 1 fully saturated rings. The summed E-state index contributed by atoms with van der Waals surface area (Å²) in [7, 11) is 1.68. The Morgan fingerprint density at radius 2 is 1.81 bits per heavy atom. The smallest absolute Gasteiger partial charge is 0.163 e. The van der Waals surface area contributed by atoms with Crippen LogP contribution in [0.1, 0.15) is 56.5 Å². The van der Waals surface area contributed by atoms with Crippen molar-refractivity contribution < 1.29 is 14.2 Å². The fraction of sp³-hybridized carbons (Fsp3) is 0.517. The third kappa shape index (κ3) is 8.03. The highest BCUT2D eigenvalue weighted by atomic mass is 79.9. The number of halogens is 1. The van der Waals surface area contributed by atoms with Crippen molar-refractivity contribution in [2.75, 3.05) is 51.9 Å². The number of anilines is 1. The summed E-state index contributed by atoms with van der Waals surface area (Å²) in [6, 6.07) is 12.3. The van der Waals surface area contributed by atoms with E-state index in [9.17, 15) is 0 Å². The highest BCUT2D eigenvalue weighted by Gasteiger charge is 2.15. The van der Waals surface area contributed by atoms with Gasteiger partial charge in [0.05, 0.1) is 38.5 Å². The first-order chi connectivity index (χ1) is 18.0. The number of morpholine rings is 1. The van der Waals surface area contributed by atoms with Crippen LogP contribution in [0.15, 0.2) is 40.9 Å². The standard InChI is InChI=1S/C29H39BrN4O3/c1-21(23-10-9-11-24(30)18-23)31-29-25-19-27(35-3)28(20-26(25)32-22(2)33-29)37-15-8-6-4-5-7-12-34-13-16-36-17-14-34/h9-11,18-21H,4-8,12-17H2,1-3H3,(H,31,32,33)/t21-/m1/s1. The van der Waals surface area contributed by atoms with Crippen LogP contribution < -0.4 is 14.8 Å². The average molecular weight is 572 g/mol. The molecule has 200 valence electrons. The second-order valence-electron chi connectivity index (χ2n) is 9.63. The van der Waals surface area contributed by atoms with Crippen molar-refractivity contribution in [1.82, 2.24) is 14.9 Å². The third-order valence-electron chi connectivity index (χ3n) is 6.77. The molecule has 2 heterocycles. The number of aromatic nitrogens is 2. The Hall–Kier alpha value is -2.42. The molecule has 0 aliphatic carbocycles. The number of fused-ring (bicyclic) bond motifs is 1. The number of unbranched alkanes of at least 4 members (excludes halogenated alkanes) is 4. The van der Waals surface area contributed by atoms with E-state index in [-0.39, 0.29) is 6.04 Å². The van der Waals surface area contributed by atoms with Crippen molar-refractivity contribution in [3.05, 3.63) is 52.3 Å². The number of methoxy groups -OCH3 is 1. The number of nitrogens with zero attached hydrogens (tertiary/aromatic N) is 3. The Kier molecular flexibility index (Phi) is 10.4. The predicted octanol–water partition coefficient (Wildman–Crippen LogP) is 6.54. The Balaban J connectivity index is 1.32. The van der Waals surface area contributed by atoms with Crippen molar-refractivity contribution in [1.29, 1.82) is 0 Å². The van der Waals surface area contributed by atoms with Gasteiger partial charge in [-0.3, -0.25) is 4.90 Å². The molecule has 0 unspecified atom stereocenters. The van der Waals surface area contributed by atoms with Gasteiger partial charge in [0.1, 0.15) is 11.6 Å². The van der Waals surface area contributed by atoms with Crippen molar-refractivity contribution in [2.24, 2.45) is 0 Å². The lowest BCUT2D eigenvalue weighted by molar-refractivity contribution is 0.0371. The first-order valence-electron chi connectivity index (χ1n) is 13.3. The molecule has 1 saturated heterocycles. The van der Waals surface area contributed by atoms with Gasteiger partial charge in [-0.05, 0) is 57.0 Å². The number of benzene rings is 2. The molecule has 0 amide bonds. The van der Waals surface area contributed by atoms with Crippen LogP contribution in [0.3, 0.4) is 0 Å². The second kappa shape index (κ2) is 13.9. The molecule has 1 atom stereocenters. The molecule has 1 aliphatic rings. The number of ether oxygens (including phenoxy) is 3. The minimum Gasteiger partial charge on any atom is -0.493 e. The monoisotopic (exact) mass is 570 g/mol. The topological polar surface area (TPSA) is 68.7 Å². The highest BCUT2D eigenvalue weighted by molar-refractivity contribution is 9.10. The summed E-state index contributed by atoms with van der Waals surface area (Å²) < 4.78 is 18.3. The highest BCUT2D eigenvalue weighted by Crippen LogP contribution is 2.35. The fourth-order valence-corrected chi connectivity index (χ4v) is 5.09. The normalized spacial score (nSPS) is 15.0. The minimum absolute atomic E-state index is 0.0748. The van der Waals surface area contributed by atoms with Crippen molar-refractivity contribution >= 4 is 32.7 Å². The van der Waals surface area contributed by atoms with Gasteiger partial charge in [-0.1, -0.05) is 47.3 Å². The SMILES string of the molecule is COc1cc2c(N[C@H](C)c3cccc(Br)c3)nc(C)nc2cc1OCCCCCCCN1CCOCC1. The predicted molar refractivity (Wildman–Crippen MR) is 153 cm³/mol. The molecule has 7 nitrogen and oxygen atoms in total. The van der Waals surface area contributed by atoms with Crippen LogP contribution in [0.5, 0.6) is 11.5 Å². The zero-order valence-corrected chi connectivity index (χ0v) is 23.8. The lowest BCUT2D eigenvalue weighted by Gasteiger charge is -2.26. The van der Waals surface area contributed by atoms with E-state index in [1.165, 1.54) is 37.8 Å². The number of hydrogen-bond acceptors (Lipinski definition) is 7. The van der Waals surface area contributed by atoms with E-state index in [2.05, 4.69) is 50.2 Å². The maximum absolute atomic E-state index is 6.15.